The molecule has 0 radical (unpaired) electrons. The molecule has 0 bridgehead atoms. The molecule has 3 aromatic carbocycles. The normalized spacial score (nSPS) is 19.8. The molecule has 3 aromatic rings. The van der Waals surface area contributed by atoms with Gasteiger partial charge in [0.25, 0.3) is 0 Å². The Morgan fingerprint density at radius 1 is 1.03 bits per heavy atom. The molecular formula is C24H21FN2O2. The molecule has 5 rings (SSSR count). The fourth-order valence-electron chi connectivity index (χ4n) is 3.97. The summed E-state index contributed by atoms with van der Waals surface area (Å²) >= 11 is 0. The van der Waals surface area contributed by atoms with Crippen molar-refractivity contribution in [2.45, 2.75) is 25.6 Å². The third kappa shape index (κ3) is 3.23. The summed E-state index contributed by atoms with van der Waals surface area (Å²) in [5, 5.41) is 6.92. The fourth-order valence-corrected chi connectivity index (χ4v) is 3.97. The number of hydrazone groups is 1. The van der Waals surface area contributed by atoms with E-state index in [0.29, 0.717) is 6.61 Å². The van der Waals surface area contributed by atoms with Gasteiger partial charge in [-0.2, -0.15) is 5.10 Å². The van der Waals surface area contributed by atoms with Crippen molar-refractivity contribution < 1.29 is 13.9 Å². The Bertz CT molecular complexity index is 1050. The molecule has 2 atom stereocenters. The van der Waals surface area contributed by atoms with Crippen molar-refractivity contribution in [2.24, 2.45) is 5.10 Å². The van der Waals surface area contributed by atoms with Gasteiger partial charge in [0.2, 0.25) is 6.23 Å². The summed E-state index contributed by atoms with van der Waals surface area (Å²) in [5.41, 5.74) is 4.00. The van der Waals surface area contributed by atoms with Gasteiger partial charge >= 0.3 is 0 Å². The molecule has 2 aliphatic rings. The SMILES string of the molecule is CCOc1ccc([C@H]2Oc3ccccc3[C@H]3CC(c4ccc(F)cc4)=NN32)cc1. The molecule has 0 saturated heterocycles. The van der Waals surface area contributed by atoms with E-state index >= 15 is 0 Å². The molecule has 0 saturated carbocycles. The number of benzene rings is 3. The Hall–Kier alpha value is -3.34. The number of rotatable bonds is 4. The monoisotopic (exact) mass is 388 g/mol. The van der Waals surface area contributed by atoms with E-state index in [2.05, 4.69) is 6.07 Å². The van der Waals surface area contributed by atoms with Crippen molar-refractivity contribution in [3.63, 3.8) is 0 Å². The van der Waals surface area contributed by atoms with Crippen LogP contribution < -0.4 is 9.47 Å². The number of nitrogens with zero attached hydrogens (tertiary/aromatic N) is 2. The third-order valence-electron chi connectivity index (χ3n) is 5.35. The molecule has 29 heavy (non-hydrogen) atoms. The predicted octanol–water partition coefficient (Wildman–Crippen LogP) is 5.47. The highest BCUT2D eigenvalue weighted by molar-refractivity contribution is 6.01. The van der Waals surface area contributed by atoms with Crippen LogP contribution >= 0.6 is 0 Å². The van der Waals surface area contributed by atoms with Crippen LogP contribution in [-0.4, -0.2) is 17.3 Å². The fraction of sp³-hybridized carbons (Fsp3) is 0.208. The molecule has 5 heteroatoms. The van der Waals surface area contributed by atoms with Crippen LogP contribution in [0.4, 0.5) is 4.39 Å². The minimum Gasteiger partial charge on any atom is -0.494 e. The molecular weight excluding hydrogens is 367 g/mol. The Morgan fingerprint density at radius 3 is 2.55 bits per heavy atom. The molecule has 0 aliphatic carbocycles. The first-order valence-corrected chi connectivity index (χ1v) is 9.83. The molecule has 0 spiro atoms. The zero-order chi connectivity index (χ0) is 19.8. The van der Waals surface area contributed by atoms with Crippen LogP contribution in [0, 0.1) is 5.82 Å². The lowest BCUT2D eigenvalue weighted by molar-refractivity contribution is -0.0190. The molecule has 2 heterocycles. The first-order chi connectivity index (χ1) is 14.2. The summed E-state index contributed by atoms with van der Waals surface area (Å²) in [6, 6.07) is 22.7. The van der Waals surface area contributed by atoms with Crippen LogP contribution in [0.5, 0.6) is 11.5 Å². The van der Waals surface area contributed by atoms with E-state index in [4.69, 9.17) is 14.6 Å². The summed E-state index contributed by atoms with van der Waals surface area (Å²) < 4.78 is 25.3. The van der Waals surface area contributed by atoms with E-state index in [-0.39, 0.29) is 18.1 Å². The Morgan fingerprint density at radius 2 is 1.79 bits per heavy atom. The minimum atomic E-state index is -0.330. The van der Waals surface area contributed by atoms with Crippen molar-refractivity contribution in [1.82, 2.24) is 5.01 Å². The standard InChI is InChI=1S/C24H21FN2O2/c1-2-28-19-13-9-17(10-14-19)24-27-22(20-5-3-4-6-23(20)29-24)15-21(26-27)16-7-11-18(25)12-8-16/h3-14,22,24H,2,15H2,1H3/t22-,24-/m1/s1. The van der Waals surface area contributed by atoms with Gasteiger partial charge in [0.05, 0.1) is 18.4 Å². The van der Waals surface area contributed by atoms with Gasteiger partial charge in [0, 0.05) is 17.5 Å². The van der Waals surface area contributed by atoms with Gasteiger partial charge < -0.3 is 9.47 Å². The highest BCUT2D eigenvalue weighted by Crippen LogP contribution is 2.47. The van der Waals surface area contributed by atoms with E-state index in [1.165, 1.54) is 12.1 Å². The summed E-state index contributed by atoms with van der Waals surface area (Å²) in [6.45, 7) is 2.60. The largest absolute Gasteiger partial charge is 0.494 e. The number of ether oxygens (including phenoxy) is 2. The lowest BCUT2D eigenvalue weighted by atomic mass is 9.96. The second kappa shape index (κ2) is 7.24. The molecule has 0 unspecified atom stereocenters. The summed E-state index contributed by atoms with van der Waals surface area (Å²) in [7, 11) is 0. The Labute approximate surface area is 169 Å². The maximum Gasteiger partial charge on any atom is 0.213 e. The maximum absolute atomic E-state index is 13.4. The predicted molar refractivity (Wildman–Crippen MR) is 110 cm³/mol. The van der Waals surface area contributed by atoms with Gasteiger partial charge in [-0.05, 0) is 55.0 Å². The van der Waals surface area contributed by atoms with Crippen molar-refractivity contribution in [3.05, 3.63) is 95.3 Å². The van der Waals surface area contributed by atoms with Crippen molar-refractivity contribution in [3.8, 4) is 11.5 Å². The minimum absolute atomic E-state index is 0.0802. The Kier molecular flexibility index (Phi) is 4.43. The van der Waals surface area contributed by atoms with Gasteiger partial charge in [-0.1, -0.05) is 30.3 Å². The second-order valence-electron chi connectivity index (χ2n) is 7.16. The van der Waals surface area contributed by atoms with Gasteiger partial charge in [-0.15, -0.1) is 0 Å². The second-order valence-corrected chi connectivity index (χ2v) is 7.16. The molecule has 146 valence electrons. The van der Waals surface area contributed by atoms with Crippen molar-refractivity contribution >= 4 is 5.71 Å². The van der Waals surface area contributed by atoms with E-state index in [0.717, 1.165) is 40.3 Å². The van der Waals surface area contributed by atoms with Crippen molar-refractivity contribution in [1.29, 1.82) is 0 Å². The van der Waals surface area contributed by atoms with E-state index < -0.39 is 0 Å². The lowest BCUT2D eigenvalue weighted by Crippen LogP contribution is -2.33. The molecule has 0 N–H and O–H groups in total. The van der Waals surface area contributed by atoms with Crippen molar-refractivity contribution in [2.75, 3.05) is 6.61 Å². The first-order valence-electron chi connectivity index (χ1n) is 9.83. The number of fused-ring (bicyclic) bond motifs is 3. The highest BCUT2D eigenvalue weighted by atomic mass is 19.1. The quantitative estimate of drug-likeness (QED) is 0.595. The number of para-hydroxylation sites is 1. The average molecular weight is 388 g/mol. The summed E-state index contributed by atoms with van der Waals surface area (Å²) in [4.78, 5) is 0. The topological polar surface area (TPSA) is 34.1 Å². The van der Waals surface area contributed by atoms with E-state index in [9.17, 15) is 4.39 Å². The van der Waals surface area contributed by atoms with Crippen LogP contribution in [0.15, 0.2) is 77.9 Å². The number of hydrogen-bond donors (Lipinski definition) is 0. The highest BCUT2D eigenvalue weighted by Gasteiger charge is 2.40. The third-order valence-corrected chi connectivity index (χ3v) is 5.35. The maximum atomic E-state index is 13.4. The van der Waals surface area contributed by atoms with Gasteiger partial charge in [0.1, 0.15) is 17.3 Å². The zero-order valence-electron chi connectivity index (χ0n) is 16.1. The first kappa shape index (κ1) is 17.7. The average Bonchev–Trinajstić information content (AvgIpc) is 3.20. The van der Waals surface area contributed by atoms with Gasteiger partial charge in [0.15, 0.2) is 0 Å². The summed E-state index contributed by atoms with van der Waals surface area (Å²) in [6.07, 6.45) is 0.419. The van der Waals surface area contributed by atoms with E-state index in [1.807, 2.05) is 54.4 Å². The molecule has 4 nitrogen and oxygen atoms in total. The van der Waals surface area contributed by atoms with Crippen LogP contribution in [0.2, 0.25) is 0 Å². The molecule has 0 fully saturated rings. The van der Waals surface area contributed by atoms with Gasteiger partial charge in [-0.25, -0.2) is 9.40 Å². The molecule has 0 aromatic heterocycles. The van der Waals surface area contributed by atoms with Crippen LogP contribution in [0.25, 0.3) is 0 Å². The van der Waals surface area contributed by atoms with Crippen LogP contribution in [0.1, 0.15) is 42.3 Å². The van der Waals surface area contributed by atoms with Gasteiger partial charge in [-0.3, -0.25) is 0 Å². The Balaban J connectivity index is 1.53. The van der Waals surface area contributed by atoms with Crippen LogP contribution in [-0.2, 0) is 0 Å². The van der Waals surface area contributed by atoms with E-state index in [1.54, 1.807) is 12.1 Å². The molecule has 0 amide bonds. The summed E-state index contributed by atoms with van der Waals surface area (Å²) in [5.74, 6) is 1.47. The number of halogens is 1. The molecule has 2 aliphatic heterocycles. The van der Waals surface area contributed by atoms with Crippen LogP contribution in [0.3, 0.4) is 0 Å². The lowest BCUT2D eigenvalue weighted by Gasteiger charge is -2.38. The zero-order valence-corrected chi connectivity index (χ0v) is 16.1. The smallest absolute Gasteiger partial charge is 0.213 e. The number of hydrogen-bond acceptors (Lipinski definition) is 4.